The molecule has 1 fully saturated rings. The van der Waals surface area contributed by atoms with Crippen LogP contribution in [0.15, 0.2) is 34.2 Å². The molecule has 0 spiro atoms. The van der Waals surface area contributed by atoms with Crippen LogP contribution in [-0.2, 0) is 11.3 Å². The second-order valence-corrected chi connectivity index (χ2v) is 9.07. The van der Waals surface area contributed by atoms with Crippen LogP contribution in [0.4, 0.5) is 0 Å². The lowest BCUT2D eigenvalue weighted by molar-refractivity contribution is -0.130. The maximum atomic E-state index is 12.9. The van der Waals surface area contributed by atoms with Crippen LogP contribution in [0, 0.1) is 11.8 Å². The first-order chi connectivity index (χ1) is 14.0. The summed E-state index contributed by atoms with van der Waals surface area (Å²) >= 11 is 1.39. The van der Waals surface area contributed by atoms with E-state index in [0.717, 1.165) is 25.0 Å². The molecular weight excluding hydrogens is 386 g/mol. The molecule has 2 atom stereocenters. The van der Waals surface area contributed by atoms with Crippen LogP contribution < -0.4 is 5.56 Å². The first kappa shape index (κ1) is 19.9. The quantitative estimate of drug-likeness (QED) is 0.601. The van der Waals surface area contributed by atoms with Gasteiger partial charge in [-0.2, -0.15) is 0 Å². The molecule has 0 bridgehead atoms. The lowest BCUT2D eigenvalue weighted by Gasteiger charge is -2.34. The van der Waals surface area contributed by atoms with E-state index in [1.54, 1.807) is 4.57 Å². The molecule has 1 aliphatic rings. The Hall–Kier alpha value is -2.35. The zero-order valence-corrected chi connectivity index (χ0v) is 18.0. The Labute approximate surface area is 174 Å². The van der Waals surface area contributed by atoms with Gasteiger partial charge >= 0.3 is 0 Å². The third kappa shape index (κ3) is 3.77. The Balaban J connectivity index is 1.66. The number of aryl methyl sites for hydroxylation is 1. The minimum atomic E-state index is -0.0498. The number of fused-ring (bicyclic) bond motifs is 3. The van der Waals surface area contributed by atoms with E-state index in [1.165, 1.54) is 18.2 Å². The van der Waals surface area contributed by atoms with Crippen LogP contribution in [-0.4, -0.2) is 48.8 Å². The highest BCUT2D eigenvalue weighted by Crippen LogP contribution is 2.25. The summed E-state index contributed by atoms with van der Waals surface area (Å²) in [4.78, 5) is 27.7. The predicted molar refractivity (Wildman–Crippen MR) is 115 cm³/mol. The van der Waals surface area contributed by atoms with Gasteiger partial charge in [0.1, 0.15) is 0 Å². The summed E-state index contributed by atoms with van der Waals surface area (Å²) in [7, 11) is 0. The summed E-state index contributed by atoms with van der Waals surface area (Å²) in [6.45, 7) is 8.66. The van der Waals surface area contributed by atoms with Crippen molar-refractivity contribution in [2.24, 2.45) is 11.8 Å². The lowest BCUT2D eigenvalue weighted by atomic mass is 9.92. The number of benzene rings is 1. The average molecular weight is 414 g/mol. The first-order valence-corrected chi connectivity index (χ1v) is 11.2. The molecule has 7 nitrogen and oxygen atoms in total. The number of hydrogen-bond acceptors (Lipinski definition) is 5. The van der Waals surface area contributed by atoms with E-state index in [0.29, 0.717) is 40.5 Å². The maximum absolute atomic E-state index is 12.9. The molecule has 3 heterocycles. The molecule has 8 heteroatoms. The fourth-order valence-electron chi connectivity index (χ4n) is 4.34. The molecule has 2 aromatic heterocycles. The summed E-state index contributed by atoms with van der Waals surface area (Å²) in [5.74, 6) is 2.06. The second-order valence-electron chi connectivity index (χ2n) is 8.13. The summed E-state index contributed by atoms with van der Waals surface area (Å²) in [5, 5.41) is 9.90. The SMILES string of the molecule is CCCn1c(=O)c2ccccc2n2c(SCC(=O)N3CC(C)CC(C)C3)nnc12. The van der Waals surface area contributed by atoms with Gasteiger partial charge in [-0.25, -0.2) is 0 Å². The highest BCUT2D eigenvalue weighted by molar-refractivity contribution is 7.99. The number of carbonyl (C=O) groups excluding carboxylic acids is 1. The van der Waals surface area contributed by atoms with E-state index in [1.807, 2.05) is 40.5 Å². The molecule has 3 aromatic rings. The molecule has 1 amide bonds. The lowest BCUT2D eigenvalue weighted by Crippen LogP contribution is -2.43. The van der Waals surface area contributed by atoms with Crippen molar-refractivity contribution in [3.63, 3.8) is 0 Å². The minimum Gasteiger partial charge on any atom is -0.341 e. The van der Waals surface area contributed by atoms with Crippen molar-refractivity contribution in [3.8, 4) is 0 Å². The Bertz CT molecular complexity index is 1100. The average Bonchev–Trinajstić information content (AvgIpc) is 3.12. The zero-order chi connectivity index (χ0) is 20.5. The smallest absolute Gasteiger partial charge is 0.262 e. The summed E-state index contributed by atoms with van der Waals surface area (Å²) in [6.07, 6.45) is 2.00. The van der Waals surface area contributed by atoms with Crippen LogP contribution in [0.5, 0.6) is 0 Å². The minimum absolute atomic E-state index is 0.0498. The molecule has 2 unspecified atom stereocenters. The molecule has 0 saturated carbocycles. The van der Waals surface area contributed by atoms with E-state index in [4.69, 9.17) is 0 Å². The van der Waals surface area contributed by atoms with Crippen molar-refractivity contribution >= 4 is 34.3 Å². The van der Waals surface area contributed by atoms with Gasteiger partial charge in [0.25, 0.3) is 5.56 Å². The molecule has 154 valence electrons. The van der Waals surface area contributed by atoms with E-state index in [-0.39, 0.29) is 11.5 Å². The molecule has 0 aliphatic carbocycles. The monoisotopic (exact) mass is 413 g/mol. The normalized spacial score (nSPS) is 19.9. The van der Waals surface area contributed by atoms with Gasteiger partial charge in [-0.3, -0.25) is 18.6 Å². The Kier molecular flexibility index (Phi) is 5.63. The third-order valence-corrected chi connectivity index (χ3v) is 6.39. The Morgan fingerprint density at radius 3 is 2.62 bits per heavy atom. The van der Waals surface area contributed by atoms with Crippen LogP contribution >= 0.6 is 11.8 Å². The number of para-hydroxylation sites is 1. The van der Waals surface area contributed by atoms with Crippen LogP contribution in [0.2, 0.25) is 0 Å². The van der Waals surface area contributed by atoms with Gasteiger partial charge in [-0.1, -0.05) is 44.7 Å². The Morgan fingerprint density at radius 2 is 1.90 bits per heavy atom. The highest BCUT2D eigenvalue weighted by atomic mass is 32.2. The molecule has 29 heavy (non-hydrogen) atoms. The van der Waals surface area contributed by atoms with Crippen molar-refractivity contribution in [1.82, 2.24) is 24.1 Å². The van der Waals surface area contributed by atoms with Crippen LogP contribution in [0.25, 0.3) is 16.7 Å². The van der Waals surface area contributed by atoms with Gasteiger partial charge < -0.3 is 4.90 Å². The number of likely N-dealkylation sites (tertiary alicyclic amines) is 1. The van der Waals surface area contributed by atoms with Crippen molar-refractivity contribution < 1.29 is 4.79 Å². The van der Waals surface area contributed by atoms with E-state index >= 15 is 0 Å². The summed E-state index contributed by atoms with van der Waals surface area (Å²) < 4.78 is 3.58. The molecular formula is C21H27N5O2S. The van der Waals surface area contributed by atoms with Gasteiger partial charge in [0.05, 0.1) is 16.7 Å². The third-order valence-electron chi connectivity index (χ3n) is 5.47. The van der Waals surface area contributed by atoms with Crippen molar-refractivity contribution in [3.05, 3.63) is 34.6 Å². The van der Waals surface area contributed by atoms with Gasteiger partial charge in [-0.15, -0.1) is 10.2 Å². The number of hydrogen-bond donors (Lipinski definition) is 0. The van der Waals surface area contributed by atoms with Gasteiger partial charge in [0.15, 0.2) is 5.16 Å². The maximum Gasteiger partial charge on any atom is 0.262 e. The number of thioether (sulfide) groups is 1. The highest BCUT2D eigenvalue weighted by Gasteiger charge is 2.26. The van der Waals surface area contributed by atoms with Crippen molar-refractivity contribution in [2.45, 2.75) is 45.3 Å². The number of piperidine rings is 1. The fraction of sp³-hybridized carbons (Fsp3) is 0.524. The molecule has 1 aromatic carbocycles. The first-order valence-electron chi connectivity index (χ1n) is 10.3. The second kappa shape index (κ2) is 8.18. The van der Waals surface area contributed by atoms with Crippen LogP contribution in [0.3, 0.4) is 0 Å². The fourth-order valence-corrected chi connectivity index (χ4v) is 5.18. The predicted octanol–water partition coefficient (Wildman–Crippen LogP) is 3.05. The van der Waals surface area contributed by atoms with E-state index < -0.39 is 0 Å². The summed E-state index contributed by atoms with van der Waals surface area (Å²) in [6, 6.07) is 7.51. The van der Waals surface area contributed by atoms with Gasteiger partial charge in [0.2, 0.25) is 11.7 Å². The number of rotatable bonds is 5. The molecule has 1 aliphatic heterocycles. The largest absolute Gasteiger partial charge is 0.341 e. The van der Waals surface area contributed by atoms with Crippen molar-refractivity contribution in [2.75, 3.05) is 18.8 Å². The molecule has 0 radical (unpaired) electrons. The molecule has 0 N–H and O–H groups in total. The zero-order valence-electron chi connectivity index (χ0n) is 17.2. The Morgan fingerprint density at radius 1 is 1.17 bits per heavy atom. The topological polar surface area (TPSA) is 72.5 Å². The van der Waals surface area contributed by atoms with Crippen molar-refractivity contribution in [1.29, 1.82) is 0 Å². The number of carbonyl (C=O) groups is 1. The van der Waals surface area contributed by atoms with Gasteiger partial charge in [0, 0.05) is 19.6 Å². The van der Waals surface area contributed by atoms with Crippen LogP contribution in [0.1, 0.15) is 33.6 Å². The number of amides is 1. The molecule has 1 saturated heterocycles. The standard InChI is InChI=1S/C21H27N5O2S/c1-4-9-25-19(28)16-7-5-6-8-17(16)26-20(25)22-23-21(26)29-13-18(27)24-11-14(2)10-15(3)12-24/h5-8,14-15H,4,9-13H2,1-3H3. The van der Waals surface area contributed by atoms with E-state index in [2.05, 4.69) is 24.0 Å². The molecule has 4 rings (SSSR count). The number of aromatic nitrogens is 4. The van der Waals surface area contributed by atoms with Gasteiger partial charge in [-0.05, 0) is 36.8 Å². The summed E-state index contributed by atoms with van der Waals surface area (Å²) in [5.41, 5.74) is 0.728. The number of nitrogens with zero attached hydrogens (tertiary/aromatic N) is 5. The van der Waals surface area contributed by atoms with E-state index in [9.17, 15) is 9.59 Å².